The number of nitrogens with one attached hydrogen (secondary N) is 2. The number of aryl methyl sites for hydroxylation is 1. The molecule has 0 saturated carbocycles. The summed E-state index contributed by atoms with van der Waals surface area (Å²) in [5.41, 5.74) is 2.76. The Kier molecular flexibility index (Phi) is 6.30. The Morgan fingerprint density at radius 3 is 2.38 bits per heavy atom. The largest absolute Gasteiger partial charge is 0.497 e. The number of hydrogen-bond donors (Lipinski definition) is 2. The zero-order valence-electron chi connectivity index (χ0n) is 19.0. The SMILES string of the molecule is COc1ccc2c(c1)[C@@H](c1ccccc1)[C@H](NC(=O)NS(=O)(=O)c1ccccc1C)C(=O)N2C.[HH].[HH]. The highest BCUT2D eigenvalue weighted by Gasteiger charge is 2.41. The lowest BCUT2D eigenvalue weighted by Crippen LogP contribution is -2.56. The van der Waals surface area contributed by atoms with Crippen LogP contribution in [-0.2, 0) is 14.8 Å². The molecule has 8 nitrogen and oxygen atoms in total. The summed E-state index contributed by atoms with van der Waals surface area (Å²) in [5.74, 6) is -0.315. The number of fused-ring (bicyclic) bond motifs is 1. The smallest absolute Gasteiger partial charge is 0.329 e. The summed E-state index contributed by atoms with van der Waals surface area (Å²) < 4.78 is 33.0. The summed E-state index contributed by atoms with van der Waals surface area (Å²) in [7, 11) is -0.963. The molecule has 0 aliphatic carbocycles. The zero-order chi connectivity index (χ0) is 24.5. The third-order valence-corrected chi connectivity index (χ3v) is 7.41. The van der Waals surface area contributed by atoms with Crippen LogP contribution in [0.1, 0.15) is 25.5 Å². The van der Waals surface area contributed by atoms with Crippen LogP contribution < -0.4 is 19.7 Å². The molecule has 4 rings (SSSR count). The van der Waals surface area contributed by atoms with Gasteiger partial charge in [0.1, 0.15) is 11.8 Å². The van der Waals surface area contributed by atoms with Gasteiger partial charge in [-0.1, -0.05) is 48.5 Å². The molecule has 0 aromatic heterocycles. The summed E-state index contributed by atoms with van der Waals surface area (Å²) in [5, 5.41) is 2.61. The molecule has 1 aliphatic heterocycles. The lowest BCUT2D eigenvalue weighted by molar-refractivity contribution is -0.120. The Morgan fingerprint density at radius 1 is 1.03 bits per heavy atom. The summed E-state index contributed by atoms with van der Waals surface area (Å²) in [6.07, 6.45) is 0. The van der Waals surface area contributed by atoms with Crippen LogP contribution in [0.4, 0.5) is 10.5 Å². The predicted octanol–water partition coefficient (Wildman–Crippen LogP) is 3.66. The Bertz CT molecular complexity index is 1350. The Labute approximate surface area is 201 Å². The Balaban J connectivity index is 0.00000228. The van der Waals surface area contributed by atoms with E-state index in [0.717, 1.165) is 11.1 Å². The number of hydrogen-bond acceptors (Lipinski definition) is 5. The van der Waals surface area contributed by atoms with Crippen LogP contribution in [0.25, 0.3) is 0 Å². The van der Waals surface area contributed by atoms with Crippen LogP contribution in [0.5, 0.6) is 5.75 Å². The first-order valence-corrected chi connectivity index (χ1v) is 12.1. The van der Waals surface area contributed by atoms with Crippen molar-refractivity contribution in [3.8, 4) is 5.75 Å². The van der Waals surface area contributed by atoms with Crippen molar-refractivity contribution in [3.63, 3.8) is 0 Å². The van der Waals surface area contributed by atoms with Crippen LogP contribution >= 0.6 is 0 Å². The quantitative estimate of drug-likeness (QED) is 0.576. The Morgan fingerprint density at radius 2 is 1.71 bits per heavy atom. The van der Waals surface area contributed by atoms with E-state index >= 15 is 0 Å². The summed E-state index contributed by atoms with van der Waals surface area (Å²) >= 11 is 0. The highest BCUT2D eigenvalue weighted by molar-refractivity contribution is 7.90. The molecule has 0 bridgehead atoms. The first-order chi connectivity index (χ1) is 16.2. The second-order valence-electron chi connectivity index (χ2n) is 8.03. The van der Waals surface area contributed by atoms with Gasteiger partial charge in [-0.25, -0.2) is 17.9 Å². The minimum absolute atomic E-state index is 0. The van der Waals surface area contributed by atoms with E-state index in [4.69, 9.17) is 4.74 Å². The molecule has 180 valence electrons. The number of benzene rings is 3. The van der Waals surface area contributed by atoms with Gasteiger partial charge in [-0.3, -0.25) is 4.79 Å². The lowest BCUT2D eigenvalue weighted by atomic mass is 9.80. The minimum Gasteiger partial charge on any atom is -0.497 e. The summed E-state index contributed by atoms with van der Waals surface area (Å²) in [4.78, 5) is 27.7. The van der Waals surface area contributed by atoms with Crippen molar-refractivity contribution < 1.29 is 25.6 Å². The standard InChI is InChI=1S/C25H25N3O5S.2H2/c1-16-9-7-8-12-21(16)34(31,32)27-25(30)26-23-22(17-10-5-4-6-11-17)19-15-18(33-3)13-14-20(19)28(2)24(23)29;;/h4-15,22-23H,1-3H3,(H2,26,27,30);2*1H/t22-,23+;;/m1../s1. The van der Waals surface area contributed by atoms with Crippen molar-refractivity contribution >= 4 is 27.6 Å². The number of sulfonamides is 1. The molecular formula is C25H29N3O5S. The van der Waals surface area contributed by atoms with E-state index in [-0.39, 0.29) is 13.7 Å². The first kappa shape index (κ1) is 23.3. The third-order valence-electron chi connectivity index (χ3n) is 5.92. The van der Waals surface area contributed by atoms with Crippen LogP contribution in [0, 0.1) is 6.92 Å². The topological polar surface area (TPSA) is 105 Å². The van der Waals surface area contributed by atoms with Crippen molar-refractivity contribution in [2.45, 2.75) is 23.8 Å². The van der Waals surface area contributed by atoms with E-state index in [0.29, 0.717) is 17.0 Å². The van der Waals surface area contributed by atoms with Crippen molar-refractivity contribution in [2.24, 2.45) is 0 Å². The average molecular weight is 484 g/mol. The van der Waals surface area contributed by atoms with Gasteiger partial charge >= 0.3 is 6.03 Å². The van der Waals surface area contributed by atoms with Gasteiger partial charge in [0.2, 0.25) is 5.91 Å². The number of amides is 3. The molecule has 3 amide bonds. The highest BCUT2D eigenvalue weighted by atomic mass is 32.2. The average Bonchev–Trinajstić information content (AvgIpc) is 2.82. The zero-order valence-corrected chi connectivity index (χ0v) is 19.8. The van der Waals surface area contributed by atoms with E-state index in [9.17, 15) is 18.0 Å². The second-order valence-corrected chi connectivity index (χ2v) is 9.68. The van der Waals surface area contributed by atoms with Crippen molar-refractivity contribution in [1.82, 2.24) is 10.0 Å². The van der Waals surface area contributed by atoms with Gasteiger partial charge in [0.25, 0.3) is 10.0 Å². The number of likely N-dealkylation sites (N-methyl/N-ethyl adjacent to an activating group) is 1. The number of urea groups is 1. The molecule has 2 atom stereocenters. The number of methoxy groups -OCH3 is 1. The van der Waals surface area contributed by atoms with Gasteiger partial charge in [0.05, 0.1) is 12.0 Å². The van der Waals surface area contributed by atoms with Crippen LogP contribution in [-0.4, -0.2) is 40.6 Å². The second kappa shape index (κ2) is 9.18. The summed E-state index contributed by atoms with van der Waals surface area (Å²) in [6.45, 7) is 1.64. The third kappa shape index (κ3) is 4.34. The van der Waals surface area contributed by atoms with E-state index in [1.807, 2.05) is 41.1 Å². The Hall–Kier alpha value is -3.85. The maximum atomic E-state index is 13.4. The molecule has 0 saturated heterocycles. The van der Waals surface area contributed by atoms with Crippen molar-refractivity contribution in [3.05, 3.63) is 89.5 Å². The van der Waals surface area contributed by atoms with Gasteiger partial charge < -0.3 is 15.0 Å². The predicted molar refractivity (Wildman–Crippen MR) is 133 cm³/mol. The number of ether oxygens (including phenoxy) is 1. The number of anilines is 1. The molecule has 1 aliphatic rings. The minimum atomic E-state index is -4.13. The molecule has 0 fully saturated rings. The summed E-state index contributed by atoms with van der Waals surface area (Å²) in [6, 6.07) is 19.0. The number of carbonyl (C=O) groups excluding carboxylic acids is 2. The van der Waals surface area contributed by atoms with E-state index in [1.54, 1.807) is 51.4 Å². The number of carbonyl (C=O) groups is 2. The molecule has 34 heavy (non-hydrogen) atoms. The van der Waals surface area contributed by atoms with Gasteiger partial charge in [0, 0.05) is 21.5 Å². The maximum Gasteiger partial charge on any atom is 0.329 e. The molecule has 3 aromatic rings. The normalized spacial score (nSPS) is 17.6. The fourth-order valence-electron chi connectivity index (χ4n) is 4.25. The van der Waals surface area contributed by atoms with Gasteiger partial charge in [-0.15, -0.1) is 0 Å². The first-order valence-electron chi connectivity index (χ1n) is 10.6. The molecule has 1 heterocycles. The van der Waals surface area contributed by atoms with Gasteiger partial charge in [-0.05, 0) is 47.9 Å². The van der Waals surface area contributed by atoms with Crippen LogP contribution in [0.3, 0.4) is 0 Å². The fraction of sp³-hybridized carbons (Fsp3) is 0.200. The van der Waals surface area contributed by atoms with Crippen LogP contribution in [0.15, 0.2) is 77.7 Å². The van der Waals surface area contributed by atoms with Crippen molar-refractivity contribution in [1.29, 1.82) is 0 Å². The fourth-order valence-corrected chi connectivity index (χ4v) is 5.41. The lowest BCUT2D eigenvalue weighted by Gasteiger charge is -2.38. The van der Waals surface area contributed by atoms with Gasteiger partial charge in [-0.2, -0.15) is 0 Å². The monoisotopic (exact) mass is 483 g/mol. The molecular weight excluding hydrogens is 454 g/mol. The molecule has 0 spiro atoms. The molecule has 9 heteroatoms. The molecule has 2 N–H and O–H groups in total. The van der Waals surface area contributed by atoms with Gasteiger partial charge in [0.15, 0.2) is 0 Å². The van der Waals surface area contributed by atoms with E-state index < -0.39 is 28.0 Å². The number of rotatable bonds is 5. The molecule has 3 aromatic carbocycles. The van der Waals surface area contributed by atoms with E-state index in [2.05, 4.69) is 5.32 Å². The van der Waals surface area contributed by atoms with Crippen LogP contribution in [0.2, 0.25) is 0 Å². The number of nitrogens with zero attached hydrogens (tertiary/aromatic N) is 1. The molecule has 0 unspecified atom stereocenters. The molecule has 0 radical (unpaired) electrons. The maximum absolute atomic E-state index is 13.4. The highest BCUT2D eigenvalue weighted by Crippen LogP contribution is 2.41. The van der Waals surface area contributed by atoms with E-state index in [1.165, 1.54) is 11.0 Å². The van der Waals surface area contributed by atoms with Crippen molar-refractivity contribution in [2.75, 3.05) is 19.1 Å².